The van der Waals surface area contributed by atoms with Crippen molar-refractivity contribution in [2.75, 3.05) is 6.61 Å². The van der Waals surface area contributed by atoms with E-state index in [0.29, 0.717) is 5.75 Å². The molecule has 0 aromatic heterocycles. The molecule has 4 heteroatoms. The molecule has 1 aromatic carbocycles. The van der Waals surface area contributed by atoms with Crippen molar-refractivity contribution in [2.45, 2.75) is 26.7 Å². The van der Waals surface area contributed by atoms with Crippen LogP contribution in [-0.2, 0) is 4.79 Å². The third-order valence-corrected chi connectivity index (χ3v) is 2.09. The summed E-state index contributed by atoms with van der Waals surface area (Å²) < 4.78 is 5.29. The van der Waals surface area contributed by atoms with Crippen LogP contribution in [0.3, 0.4) is 0 Å². The van der Waals surface area contributed by atoms with Crippen LogP contribution in [0.15, 0.2) is 29.4 Å². The van der Waals surface area contributed by atoms with Gasteiger partial charge in [0.1, 0.15) is 5.75 Å². The van der Waals surface area contributed by atoms with E-state index in [4.69, 9.17) is 4.74 Å². The molecular formula is C13H18N2O2. The largest absolute Gasteiger partial charge is 0.484 e. The fourth-order valence-corrected chi connectivity index (χ4v) is 1.13. The van der Waals surface area contributed by atoms with Crippen molar-refractivity contribution < 1.29 is 9.53 Å². The highest BCUT2D eigenvalue weighted by Gasteiger charge is 2.00. The van der Waals surface area contributed by atoms with Crippen molar-refractivity contribution in [1.29, 1.82) is 0 Å². The molecule has 1 N–H and O–H groups in total. The van der Waals surface area contributed by atoms with Gasteiger partial charge in [-0.05, 0) is 25.5 Å². The molecule has 0 fully saturated rings. The molecule has 0 heterocycles. The predicted octanol–water partition coefficient (Wildman–Crippen LogP) is 2.28. The Kier molecular flexibility index (Phi) is 5.79. The molecule has 1 amide bonds. The maximum absolute atomic E-state index is 11.3. The van der Waals surface area contributed by atoms with Gasteiger partial charge >= 0.3 is 0 Å². The fraction of sp³-hybridized carbons (Fsp3) is 0.385. The van der Waals surface area contributed by atoms with E-state index in [1.165, 1.54) is 0 Å². The van der Waals surface area contributed by atoms with E-state index in [-0.39, 0.29) is 12.5 Å². The summed E-state index contributed by atoms with van der Waals surface area (Å²) in [4.78, 5) is 11.3. The Hall–Kier alpha value is -1.84. The number of hydrogen-bond donors (Lipinski definition) is 1. The fourth-order valence-electron chi connectivity index (χ4n) is 1.13. The van der Waals surface area contributed by atoms with Gasteiger partial charge in [0.05, 0.1) is 0 Å². The first kappa shape index (κ1) is 13.2. The molecule has 0 unspecified atom stereocenters. The van der Waals surface area contributed by atoms with Crippen molar-refractivity contribution in [3.8, 4) is 5.75 Å². The van der Waals surface area contributed by atoms with Crippen molar-refractivity contribution in [3.63, 3.8) is 0 Å². The van der Waals surface area contributed by atoms with Gasteiger partial charge in [-0.2, -0.15) is 5.10 Å². The second-order valence-electron chi connectivity index (χ2n) is 3.74. The van der Waals surface area contributed by atoms with Gasteiger partial charge in [0.15, 0.2) is 6.61 Å². The highest BCUT2D eigenvalue weighted by molar-refractivity contribution is 5.78. The first-order chi connectivity index (χ1) is 8.22. The molecule has 0 saturated carbocycles. The predicted molar refractivity (Wildman–Crippen MR) is 68.2 cm³/mol. The van der Waals surface area contributed by atoms with Gasteiger partial charge in [-0.1, -0.05) is 31.0 Å². The van der Waals surface area contributed by atoms with Crippen molar-refractivity contribution in [3.05, 3.63) is 29.8 Å². The number of nitrogens with one attached hydrogen (secondary N) is 1. The summed E-state index contributed by atoms with van der Waals surface area (Å²) in [6.07, 6.45) is 3.56. The SMILES string of the molecule is CCCC=NNC(=O)COc1ccc(C)cc1. The quantitative estimate of drug-likeness (QED) is 0.606. The Labute approximate surface area is 102 Å². The normalized spacial score (nSPS) is 10.5. The summed E-state index contributed by atoms with van der Waals surface area (Å²) >= 11 is 0. The minimum atomic E-state index is -0.252. The molecule has 0 aliphatic heterocycles. The van der Waals surface area contributed by atoms with Crippen LogP contribution >= 0.6 is 0 Å². The molecule has 0 saturated heterocycles. The van der Waals surface area contributed by atoms with E-state index >= 15 is 0 Å². The lowest BCUT2D eigenvalue weighted by Gasteiger charge is -2.04. The van der Waals surface area contributed by atoms with Crippen LogP contribution in [0.25, 0.3) is 0 Å². The van der Waals surface area contributed by atoms with E-state index in [9.17, 15) is 4.79 Å². The number of hydrazone groups is 1. The average molecular weight is 234 g/mol. The summed E-state index contributed by atoms with van der Waals surface area (Å²) in [5, 5.41) is 3.78. The molecule has 0 aliphatic carbocycles. The zero-order valence-electron chi connectivity index (χ0n) is 10.3. The highest BCUT2D eigenvalue weighted by Crippen LogP contribution is 2.10. The molecule has 17 heavy (non-hydrogen) atoms. The van der Waals surface area contributed by atoms with Crippen molar-refractivity contribution in [2.24, 2.45) is 5.10 Å². The summed E-state index contributed by atoms with van der Waals surface area (Å²) in [7, 11) is 0. The summed E-state index contributed by atoms with van der Waals surface area (Å²) in [6, 6.07) is 7.55. The van der Waals surface area contributed by atoms with Crippen LogP contribution in [0, 0.1) is 6.92 Å². The number of rotatable bonds is 6. The van der Waals surface area contributed by atoms with Gasteiger partial charge in [-0.25, -0.2) is 5.43 Å². The van der Waals surface area contributed by atoms with Crippen LogP contribution in [0.1, 0.15) is 25.3 Å². The third kappa shape index (κ3) is 5.70. The molecule has 1 rings (SSSR count). The lowest BCUT2D eigenvalue weighted by Crippen LogP contribution is -2.24. The zero-order chi connectivity index (χ0) is 12.5. The Morgan fingerprint density at radius 2 is 2.12 bits per heavy atom. The van der Waals surface area contributed by atoms with E-state index in [2.05, 4.69) is 10.5 Å². The molecule has 0 atom stereocenters. The molecule has 0 bridgehead atoms. The maximum Gasteiger partial charge on any atom is 0.277 e. The van der Waals surface area contributed by atoms with Gasteiger partial charge < -0.3 is 4.74 Å². The van der Waals surface area contributed by atoms with Gasteiger partial charge in [-0.15, -0.1) is 0 Å². The molecular weight excluding hydrogens is 216 g/mol. The number of nitrogens with zero attached hydrogens (tertiary/aromatic N) is 1. The monoisotopic (exact) mass is 234 g/mol. The average Bonchev–Trinajstić information content (AvgIpc) is 2.34. The maximum atomic E-state index is 11.3. The first-order valence-corrected chi connectivity index (χ1v) is 5.72. The van der Waals surface area contributed by atoms with Crippen LogP contribution in [0.4, 0.5) is 0 Å². The second kappa shape index (κ2) is 7.44. The molecule has 4 nitrogen and oxygen atoms in total. The molecule has 92 valence electrons. The number of benzene rings is 1. The van der Waals surface area contributed by atoms with Gasteiger partial charge in [0, 0.05) is 6.21 Å². The van der Waals surface area contributed by atoms with Gasteiger partial charge in [-0.3, -0.25) is 4.79 Å². The Bertz CT molecular complexity index is 372. The number of aryl methyl sites for hydroxylation is 1. The lowest BCUT2D eigenvalue weighted by atomic mass is 10.2. The minimum Gasteiger partial charge on any atom is -0.484 e. The van der Waals surface area contributed by atoms with Crippen LogP contribution in [0.2, 0.25) is 0 Å². The summed E-state index contributed by atoms with van der Waals surface area (Å²) in [5.74, 6) is 0.432. The topological polar surface area (TPSA) is 50.7 Å². The first-order valence-electron chi connectivity index (χ1n) is 5.72. The smallest absolute Gasteiger partial charge is 0.277 e. The molecule has 0 spiro atoms. The van der Waals surface area contributed by atoms with E-state index < -0.39 is 0 Å². The third-order valence-electron chi connectivity index (χ3n) is 2.09. The number of carbonyl (C=O) groups is 1. The highest BCUT2D eigenvalue weighted by atomic mass is 16.5. The zero-order valence-corrected chi connectivity index (χ0v) is 10.3. The summed E-state index contributed by atoms with van der Waals surface area (Å²) in [5.41, 5.74) is 3.56. The number of ether oxygens (including phenoxy) is 1. The van der Waals surface area contributed by atoms with Crippen LogP contribution < -0.4 is 10.2 Å². The molecule has 0 aliphatic rings. The molecule has 0 radical (unpaired) electrons. The van der Waals surface area contributed by atoms with Crippen molar-refractivity contribution >= 4 is 12.1 Å². The second-order valence-corrected chi connectivity index (χ2v) is 3.74. The van der Waals surface area contributed by atoms with Crippen LogP contribution in [0.5, 0.6) is 5.75 Å². The van der Waals surface area contributed by atoms with E-state index in [0.717, 1.165) is 18.4 Å². The summed E-state index contributed by atoms with van der Waals surface area (Å²) in [6.45, 7) is 4.03. The van der Waals surface area contributed by atoms with Crippen molar-refractivity contribution in [1.82, 2.24) is 5.43 Å². The number of hydrogen-bond acceptors (Lipinski definition) is 3. The Morgan fingerprint density at radius 1 is 1.41 bits per heavy atom. The number of unbranched alkanes of at least 4 members (excludes halogenated alkanes) is 1. The van der Waals surface area contributed by atoms with Gasteiger partial charge in [0.25, 0.3) is 5.91 Å². The number of carbonyl (C=O) groups excluding carboxylic acids is 1. The van der Waals surface area contributed by atoms with E-state index in [1.807, 2.05) is 38.1 Å². The number of amides is 1. The molecule has 1 aromatic rings. The van der Waals surface area contributed by atoms with Crippen LogP contribution in [-0.4, -0.2) is 18.7 Å². The minimum absolute atomic E-state index is 0.0213. The Balaban J connectivity index is 2.26. The van der Waals surface area contributed by atoms with Gasteiger partial charge in [0.2, 0.25) is 0 Å². The lowest BCUT2D eigenvalue weighted by molar-refractivity contribution is -0.123. The Morgan fingerprint density at radius 3 is 2.76 bits per heavy atom. The van der Waals surface area contributed by atoms with E-state index in [1.54, 1.807) is 6.21 Å². The standard InChI is InChI=1S/C13H18N2O2/c1-3-4-9-14-15-13(16)10-17-12-7-5-11(2)6-8-12/h5-9H,3-4,10H2,1-2H3,(H,15,16).